The first-order valence-electron chi connectivity index (χ1n) is 5.42. The van der Waals surface area contributed by atoms with E-state index in [1.165, 1.54) is 6.07 Å². The van der Waals surface area contributed by atoms with Gasteiger partial charge in [-0.25, -0.2) is 0 Å². The standard InChI is InChI=1S/C12H14F3N/c13-12(14,15)10-6-2-1-4-8(10)9-5-3-7-11(9)16/h1-2,4,6,9,11H,3,5,7,16H2/t9-,11+/m0/s1. The van der Waals surface area contributed by atoms with Crippen LogP contribution in [-0.2, 0) is 6.18 Å². The van der Waals surface area contributed by atoms with Gasteiger partial charge in [0.25, 0.3) is 0 Å². The number of rotatable bonds is 1. The van der Waals surface area contributed by atoms with Crippen LogP contribution in [0.15, 0.2) is 24.3 Å². The number of hydrogen-bond acceptors (Lipinski definition) is 1. The molecule has 0 bridgehead atoms. The lowest BCUT2D eigenvalue weighted by molar-refractivity contribution is -0.138. The van der Waals surface area contributed by atoms with E-state index >= 15 is 0 Å². The molecule has 1 nitrogen and oxygen atoms in total. The van der Waals surface area contributed by atoms with E-state index in [0.717, 1.165) is 25.3 Å². The maximum Gasteiger partial charge on any atom is 0.416 e. The number of alkyl halides is 3. The van der Waals surface area contributed by atoms with Gasteiger partial charge in [-0.15, -0.1) is 0 Å². The molecule has 1 fully saturated rings. The van der Waals surface area contributed by atoms with Crippen LogP contribution in [0.5, 0.6) is 0 Å². The zero-order chi connectivity index (χ0) is 11.8. The predicted molar refractivity (Wildman–Crippen MR) is 56.0 cm³/mol. The van der Waals surface area contributed by atoms with E-state index in [1.807, 2.05) is 0 Å². The third kappa shape index (κ3) is 2.07. The SMILES string of the molecule is N[C@@H]1CCC[C@H]1c1ccccc1C(F)(F)F. The van der Waals surface area contributed by atoms with Crippen LogP contribution in [0.1, 0.15) is 36.3 Å². The highest BCUT2D eigenvalue weighted by molar-refractivity contribution is 5.34. The smallest absolute Gasteiger partial charge is 0.327 e. The maximum atomic E-state index is 12.8. The van der Waals surface area contributed by atoms with Crippen LogP contribution in [0.3, 0.4) is 0 Å². The van der Waals surface area contributed by atoms with E-state index in [4.69, 9.17) is 5.73 Å². The summed E-state index contributed by atoms with van der Waals surface area (Å²) in [5, 5.41) is 0. The van der Waals surface area contributed by atoms with Crippen LogP contribution in [0.25, 0.3) is 0 Å². The van der Waals surface area contributed by atoms with E-state index in [0.29, 0.717) is 5.56 Å². The maximum absolute atomic E-state index is 12.8. The lowest BCUT2D eigenvalue weighted by Gasteiger charge is -2.20. The molecule has 16 heavy (non-hydrogen) atoms. The average Bonchev–Trinajstić information content (AvgIpc) is 2.63. The number of nitrogens with two attached hydrogens (primary N) is 1. The lowest BCUT2D eigenvalue weighted by atomic mass is 9.90. The zero-order valence-electron chi connectivity index (χ0n) is 8.80. The van der Waals surface area contributed by atoms with Gasteiger partial charge in [0.05, 0.1) is 5.56 Å². The van der Waals surface area contributed by atoms with Crippen molar-refractivity contribution in [3.8, 4) is 0 Å². The fourth-order valence-electron chi connectivity index (χ4n) is 2.45. The quantitative estimate of drug-likeness (QED) is 0.785. The third-order valence-corrected chi connectivity index (χ3v) is 3.24. The molecule has 2 atom stereocenters. The molecule has 1 saturated carbocycles. The fraction of sp³-hybridized carbons (Fsp3) is 0.500. The Morgan fingerprint density at radius 3 is 2.38 bits per heavy atom. The Kier molecular flexibility index (Phi) is 2.93. The van der Waals surface area contributed by atoms with Crippen molar-refractivity contribution in [3.63, 3.8) is 0 Å². The summed E-state index contributed by atoms with van der Waals surface area (Å²) in [4.78, 5) is 0. The molecule has 1 aromatic carbocycles. The van der Waals surface area contributed by atoms with Gasteiger partial charge in [-0.05, 0) is 30.4 Å². The Labute approximate surface area is 92.5 Å². The van der Waals surface area contributed by atoms with E-state index in [1.54, 1.807) is 12.1 Å². The van der Waals surface area contributed by atoms with Crippen LogP contribution < -0.4 is 5.73 Å². The Hall–Kier alpha value is -1.03. The Balaban J connectivity index is 2.40. The Morgan fingerprint density at radius 2 is 1.81 bits per heavy atom. The fourth-order valence-corrected chi connectivity index (χ4v) is 2.45. The van der Waals surface area contributed by atoms with E-state index in [9.17, 15) is 13.2 Å². The van der Waals surface area contributed by atoms with Crippen LogP contribution in [0, 0.1) is 0 Å². The van der Waals surface area contributed by atoms with Crippen molar-refractivity contribution >= 4 is 0 Å². The molecule has 88 valence electrons. The summed E-state index contributed by atoms with van der Waals surface area (Å²) in [6, 6.07) is 5.63. The van der Waals surface area contributed by atoms with Crippen LogP contribution in [0.4, 0.5) is 13.2 Å². The van der Waals surface area contributed by atoms with E-state index in [-0.39, 0.29) is 12.0 Å². The largest absolute Gasteiger partial charge is 0.416 e. The van der Waals surface area contributed by atoms with Gasteiger partial charge >= 0.3 is 6.18 Å². The molecule has 0 radical (unpaired) electrons. The summed E-state index contributed by atoms with van der Waals surface area (Å²) in [6.07, 6.45) is -1.79. The highest BCUT2D eigenvalue weighted by atomic mass is 19.4. The first-order chi connectivity index (χ1) is 7.50. The van der Waals surface area contributed by atoms with Crippen LogP contribution in [-0.4, -0.2) is 6.04 Å². The van der Waals surface area contributed by atoms with E-state index in [2.05, 4.69) is 0 Å². The summed E-state index contributed by atoms with van der Waals surface area (Å²) in [5.74, 6) is -0.141. The van der Waals surface area contributed by atoms with Gasteiger partial charge in [0.2, 0.25) is 0 Å². The molecule has 0 heterocycles. The molecule has 0 spiro atoms. The average molecular weight is 229 g/mol. The molecule has 0 aliphatic heterocycles. The molecular formula is C12H14F3N. The van der Waals surface area contributed by atoms with Gasteiger partial charge in [0.1, 0.15) is 0 Å². The third-order valence-electron chi connectivity index (χ3n) is 3.24. The highest BCUT2D eigenvalue weighted by Gasteiger charge is 2.37. The van der Waals surface area contributed by atoms with Gasteiger partial charge in [-0.1, -0.05) is 24.6 Å². The first kappa shape index (κ1) is 11.5. The minimum atomic E-state index is -4.28. The van der Waals surface area contributed by atoms with Gasteiger partial charge in [0.15, 0.2) is 0 Å². The molecule has 1 aromatic rings. The molecule has 0 saturated heterocycles. The molecule has 0 aromatic heterocycles. The van der Waals surface area contributed by atoms with Gasteiger partial charge < -0.3 is 5.73 Å². The lowest BCUT2D eigenvalue weighted by Crippen LogP contribution is -2.25. The van der Waals surface area contributed by atoms with Crippen molar-refractivity contribution < 1.29 is 13.2 Å². The van der Waals surface area contributed by atoms with Gasteiger partial charge in [-0.3, -0.25) is 0 Å². The molecule has 2 N–H and O–H groups in total. The van der Waals surface area contributed by atoms with Crippen LogP contribution in [0.2, 0.25) is 0 Å². The molecular weight excluding hydrogens is 215 g/mol. The summed E-state index contributed by atoms with van der Waals surface area (Å²) in [5.41, 5.74) is 5.69. The van der Waals surface area contributed by atoms with E-state index < -0.39 is 11.7 Å². The second-order valence-corrected chi connectivity index (χ2v) is 4.29. The van der Waals surface area contributed by atoms with Crippen molar-refractivity contribution in [2.75, 3.05) is 0 Å². The van der Waals surface area contributed by atoms with Crippen LogP contribution >= 0.6 is 0 Å². The zero-order valence-corrected chi connectivity index (χ0v) is 8.80. The summed E-state index contributed by atoms with van der Waals surface area (Å²) < 4.78 is 38.4. The summed E-state index contributed by atoms with van der Waals surface area (Å²) >= 11 is 0. The normalized spacial score (nSPS) is 26.0. The molecule has 4 heteroatoms. The number of halogens is 3. The second-order valence-electron chi connectivity index (χ2n) is 4.29. The first-order valence-corrected chi connectivity index (χ1v) is 5.42. The topological polar surface area (TPSA) is 26.0 Å². The number of hydrogen-bond donors (Lipinski definition) is 1. The molecule has 1 aliphatic rings. The predicted octanol–water partition coefficient (Wildman–Crippen LogP) is 3.30. The minimum absolute atomic E-state index is 0.136. The minimum Gasteiger partial charge on any atom is -0.327 e. The molecule has 1 aliphatic carbocycles. The summed E-state index contributed by atoms with van der Waals surface area (Å²) in [7, 11) is 0. The Morgan fingerprint density at radius 1 is 1.12 bits per heavy atom. The van der Waals surface area contributed by atoms with Crippen molar-refractivity contribution in [1.29, 1.82) is 0 Å². The monoisotopic (exact) mass is 229 g/mol. The second kappa shape index (κ2) is 4.09. The molecule has 0 unspecified atom stereocenters. The van der Waals surface area contributed by atoms with Crippen molar-refractivity contribution in [3.05, 3.63) is 35.4 Å². The number of benzene rings is 1. The van der Waals surface area contributed by atoms with Crippen molar-refractivity contribution in [2.24, 2.45) is 5.73 Å². The summed E-state index contributed by atoms with van der Waals surface area (Å²) in [6.45, 7) is 0. The highest BCUT2D eigenvalue weighted by Crippen LogP contribution is 2.40. The molecule has 0 amide bonds. The van der Waals surface area contributed by atoms with Crippen molar-refractivity contribution in [1.82, 2.24) is 0 Å². The van der Waals surface area contributed by atoms with Crippen molar-refractivity contribution in [2.45, 2.75) is 37.4 Å². The van der Waals surface area contributed by atoms with Gasteiger partial charge in [0, 0.05) is 6.04 Å². The Bertz CT molecular complexity index is 373. The van der Waals surface area contributed by atoms with Gasteiger partial charge in [-0.2, -0.15) is 13.2 Å². The molecule has 2 rings (SSSR count).